The van der Waals surface area contributed by atoms with Gasteiger partial charge in [0.15, 0.2) is 5.75 Å². The molecule has 1 aliphatic rings. The van der Waals surface area contributed by atoms with E-state index in [1.807, 2.05) is 19.2 Å². The number of hydrogen-bond donors (Lipinski definition) is 1. The molecule has 0 radical (unpaired) electrons. The molecule has 120 valence electrons. The minimum absolute atomic E-state index is 0.499. The lowest BCUT2D eigenvalue weighted by Crippen LogP contribution is -2.23. The van der Waals surface area contributed by atoms with Gasteiger partial charge in [0.2, 0.25) is 0 Å². The van der Waals surface area contributed by atoms with Crippen molar-refractivity contribution in [3.63, 3.8) is 0 Å². The molecule has 0 spiro atoms. The first-order valence-electron chi connectivity index (χ1n) is 8.27. The van der Waals surface area contributed by atoms with Gasteiger partial charge in [0.25, 0.3) is 0 Å². The summed E-state index contributed by atoms with van der Waals surface area (Å²) in [5.41, 5.74) is 4.84. The summed E-state index contributed by atoms with van der Waals surface area (Å²) in [6.07, 6.45) is 8.79. The molecule has 1 saturated carbocycles. The van der Waals surface area contributed by atoms with Crippen LogP contribution in [-0.4, -0.2) is 18.1 Å². The number of allylic oxidation sites excluding steroid dienone is 1. The summed E-state index contributed by atoms with van der Waals surface area (Å²) < 4.78 is 5.48. The fourth-order valence-electron chi connectivity index (χ4n) is 3.21. The van der Waals surface area contributed by atoms with E-state index in [4.69, 9.17) is 4.74 Å². The summed E-state index contributed by atoms with van der Waals surface area (Å²) >= 11 is 0. The molecule has 3 nitrogen and oxygen atoms in total. The van der Waals surface area contributed by atoms with Gasteiger partial charge in [-0.1, -0.05) is 42.0 Å². The average molecular weight is 308 g/mol. The fraction of sp³-hybridized carbons (Fsp3) is 0.350. The molecule has 1 N–H and O–H groups in total. The number of pyridine rings is 1. The Hall–Kier alpha value is -2.29. The summed E-state index contributed by atoms with van der Waals surface area (Å²) in [5.74, 6) is 0.859. The van der Waals surface area contributed by atoms with Gasteiger partial charge in [0.05, 0.1) is 18.5 Å². The summed E-state index contributed by atoms with van der Waals surface area (Å²) in [7, 11) is 1.71. The van der Waals surface area contributed by atoms with Crippen LogP contribution in [0.2, 0.25) is 0 Å². The first-order chi connectivity index (χ1) is 11.3. The van der Waals surface area contributed by atoms with Crippen molar-refractivity contribution in [2.45, 2.75) is 38.6 Å². The van der Waals surface area contributed by atoms with Crippen LogP contribution >= 0.6 is 0 Å². The second kappa shape index (κ2) is 7.32. The highest BCUT2D eigenvalue weighted by molar-refractivity contribution is 5.58. The maximum absolute atomic E-state index is 5.48. The number of anilines is 1. The summed E-state index contributed by atoms with van der Waals surface area (Å²) in [5, 5.41) is 3.63. The second-order valence-electron chi connectivity index (χ2n) is 6.11. The van der Waals surface area contributed by atoms with Gasteiger partial charge in [-0.2, -0.15) is 0 Å². The molecule has 1 aliphatic carbocycles. The van der Waals surface area contributed by atoms with Crippen molar-refractivity contribution in [3.8, 4) is 5.75 Å². The molecule has 0 aliphatic heterocycles. The molecule has 3 heteroatoms. The van der Waals surface area contributed by atoms with Gasteiger partial charge in [-0.3, -0.25) is 4.98 Å². The van der Waals surface area contributed by atoms with Crippen molar-refractivity contribution in [2.75, 3.05) is 12.4 Å². The van der Waals surface area contributed by atoms with Crippen molar-refractivity contribution >= 4 is 11.8 Å². The van der Waals surface area contributed by atoms with Gasteiger partial charge < -0.3 is 10.1 Å². The summed E-state index contributed by atoms with van der Waals surface area (Å²) in [4.78, 5) is 4.29. The van der Waals surface area contributed by atoms with Gasteiger partial charge in [-0.15, -0.1) is 0 Å². The molecule has 1 heterocycles. The van der Waals surface area contributed by atoms with Crippen LogP contribution in [0.4, 0.5) is 5.69 Å². The molecule has 3 rings (SSSR count). The van der Waals surface area contributed by atoms with E-state index in [1.165, 1.54) is 5.56 Å². The number of nitrogens with zero attached hydrogens (tertiary/aromatic N) is 1. The number of ether oxygens (including phenoxy) is 1. The zero-order valence-corrected chi connectivity index (χ0v) is 13.9. The van der Waals surface area contributed by atoms with Crippen LogP contribution in [0.15, 0.2) is 48.2 Å². The van der Waals surface area contributed by atoms with Crippen LogP contribution in [0.5, 0.6) is 5.75 Å². The van der Waals surface area contributed by atoms with E-state index in [-0.39, 0.29) is 0 Å². The third-order valence-corrected chi connectivity index (χ3v) is 4.44. The number of aryl methyl sites for hydroxylation is 1. The largest absolute Gasteiger partial charge is 0.493 e. The smallest absolute Gasteiger partial charge is 0.163 e. The van der Waals surface area contributed by atoms with Crippen molar-refractivity contribution in [1.82, 2.24) is 4.98 Å². The molecule has 1 aromatic carbocycles. The van der Waals surface area contributed by atoms with E-state index in [1.54, 1.807) is 12.7 Å². The average Bonchev–Trinajstić information content (AvgIpc) is 2.58. The molecule has 0 amide bonds. The Labute approximate surface area is 138 Å². The van der Waals surface area contributed by atoms with Crippen LogP contribution < -0.4 is 10.1 Å². The van der Waals surface area contributed by atoms with Gasteiger partial charge in [0.1, 0.15) is 0 Å². The zero-order valence-electron chi connectivity index (χ0n) is 13.9. The molecule has 0 bridgehead atoms. The summed E-state index contributed by atoms with van der Waals surface area (Å²) in [6.45, 7) is 1.98. The van der Waals surface area contributed by atoms with E-state index in [9.17, 15) is 0 Å². The number of nitrogens with one attached hydrogen (secondary N) is 1. The van der Waals surface area contributed by atoms with E-state index < -0.39 is 0 Å². The van der Waals surface area contributed by atoms with E-state index in [2.05, 4.69) is 46.7 Å². The number of methoxy groups -OCH3 is 1. The van der Waals surface area contributed by atoms with Crippen molar-refractivity contribution < 1.29 is 4.74 Å². The monoisotopic (exact) mass is 308 g/mol. The number of benzene rings is 1. The molecular formula is C20H24N2O. The van der Waals surface area contributed by atoms with E-state index >= 15 is 0 Å². The van der Waals surface area contributed by atoms with Gasteiger partial charge in [-0.05, 0) is 44.2 Å². The molecule has 23 heavy (non-hydrogen) atoms. The molecular weight excluding hydrogens is 284 g/mol. The normalized spacial score (nSPS) is 17.7. The van der Waals surface area contributed by atoms with Crippen LogP contribution in [0.25, 0.3) is 6.08 Å². The predicted molar refractivity (Wildman–Crippen MR) is 95.8 cm³/mol. The molecule has 1 aromatic heterocycles. The van der Waals surface area contributed by atoms with Gasteiger partial charge >= 0.3 is 0 Å². The Morgan fingerprint density at radius 2 is 1.87 bits per heavy atom. The molecule has 1 fully saturated rings. The molecule has 0 saturated heterocycles. The SMILES string of the molecule is COc1c(NC2CCC(=Cc3ccccc3)CC2)ccnc1C. The molecule has 0 unspecified atom stereocenters. The van der Waals surface area contributed by atoms with Crippen LogP contribution in [-0.2, 0) is 0 Å². The highest BCUT2D eigenvalue weighted by atomic mass is 16.5. The molecule has 0 atom stereocenters. The minimum Gasteiger partial charge on any atom is -0.493 e. The first kappa shape index (κ1) is 15.6. The minimum atomic E-state index is 0.499. The van der Waals surface area contributed by atoms with E-state index in [0.717, 1.165) is 42.8 Å². The quantitative estimate of drug-likeness (QED) is 0.878. The maximum atomic E-state index is 5.48. The number of rotatable bonds is 4. The number of hydrogen-bond acceptors (Lipinski definition) is 3. The second-order valence-corrected chi connectivity index (χ2v) is 6.11. The van der Waals surface area contributed by atoms with Crippen LogP contribution in [0.3, 0.4) is 0 Å². The maximum Gasteiger partial charge on any atom is 0.163 e. The van der Waals surface area contributed by atoms with Gasteiger partial charge in [-0.25, -0.2) is 0 Å². The van der Waals surface area contributed by atoms with Crippen molar-refractivity contribution in [3.05, 3.63) is 59.4 Å². The topological polar surface area (TPSA) is 34.1 Å². The number of aromatic nitrogens is 1. The Bertz CT molecular complexity index is 669. The lowest BCUT2D eigenvalue weighted by atomic mass is 9.89. The summed E-state index contributed by atoms with van der Waals surface area (Å²) in [6, 6.07) is 13.1. The van der Waals surface area contributed by atoms with Crippen LogP contribution in [0.1, 0.15) is 36.9 Å². The third-order valence-electron chi connectivity index (χ3n) is 4.44. The van der Waals surface area contributed by atoms with Crippen molar-refractivity contribution in [2.24, 2.45) is 0 Å². The highest BCUT2D eigenvalue weighted by Crippen LogP contribution is 2.31. The van der Waals surface area contributed by atoms with E-state index in [0.29, 0.717) is 6.04 Å². The molecule has 2 aromatic rings. The van der Waals surface area contributed by atoms with Gasteiger partial charge in [0, 0.05) is 12.2 Å². The lowest BCUT2D eigenvalue weighted by Gasteiger charge is -2.27. The lowest BCUT2D eigenvalue weighted by molar-refractivity contribution is 0.409. The Morgan fingerprint density at radius 3 is 2.57 bits per heavy atom. The van der Waals surface area contributed by atoms with Crippen molar-refractivity contribution in [1.29, 1.82) is 0 Å². The third kappa shape index (κ3) is 3.92. The zero-order chi connectivity index (χ0) is 16.1. The predicted octanol–water partition coefficient (Wildman–Crippen LogP) is 4.84. The fourth-order valence-corrected chi connectivity index (χ4v) is 3.21. The Balaban J connectivity index is 1.62. The Kier molecular flexibility index (Phi) is 4.96. The Morgan fingerprint density at radius 1 is 1.13 bits per heavy atom. The first-order valence-corrected chi connectivity index (χ1v) is 8.27. The van der Waals surface area contributed by atoms with Crippen LogP contribution in [0, 0.1) is 6.92 Å². The standard InChI is InChI=1S/C20H24N2O/c1-15-20(23-2)19(12-13-21-15)22-18-10-8-17(9-11-18)14-16-6-4-3-5-7-16/h3-7,12-14,18H,8-11H2,1-2H3,(H,21,22). The highest BCUT2D eigenvalue weighted by Gasteiger charge is 2.18.